The molecule has 2 fully saturated rings. The molecular formula is C20H38. The van der Waals surface area contributed by atoms with Gasteiger partial charge in [-0.2, -0.15) is 0 Å². The molecule has 118 valence electrons. The van der Waals surface area contributed by atoms with Crippen LogP contribution in [0.2, 0.25) is 0 Å². The van der Waals surface area contributed by atoms with Crippen molar-refractivity contribution in [1.82, 2.24) is 0 Å². The maximum atomic E-state index is 2.53. The zero-order valence-corrected chi connectivity index (χ0v) is 14.9. The Morgan fingerprint density at radius 3 is 2.15 bits per heavy atom. The van der Waals surface area contributed by atoms with Gasteiger partial charge in [-0.15, -0.1) is 0 Å². The predicted octanol–water partition coefficient (Wildman–Crippen LogP) is 6.55. The summed E-state index contributed by atoms with van der Waals surface area (Å²) in [5, 5.41) is 0. The van der Waals surface area contributed by atoms with E-state index in [1.54, 1.807) is 12.8 Å². The van der Waals surface area contributed by atoms with Crippen molar-refractivity contribution in [1.29, 1.82) is 0 Å². The lowest BCUT2D eigenvalue weighted by Crippen LogP contribution is -2.04. The second-order valence-electron chi connectivity index (χ2n) is 9.21. The van der Waals surface area contributed by atoms with Gasteiger partial charge in [0, 0.05) is 0 Å². The van der Waals surface area contributed by atoms with Crippen LogP contribution in [0.3, 0.4) is 0 Å². The third kappa shape index (κ3) is 4.01. The van der Waals surface area contributed by atoms with Crippen LogP contribution < -0.4 is 0 Å². The highest BCUT2D eigenvalue weighted by Gasteiger charge is 2.70. The van der Waals surface area contributed by atoms with E-state index in [1.807, 2.05) is 0 Å². The highest BCUT2D eigenvalue weighted by Crippen LogP contribution is 2.78. The van der Waals surface area contributed by atoms with Crippen molar-refractivity contribution in [2.75, 3.05) is 0 Å². The van der Waals surface area contributed by atoms with Gasteiger partial charge < -0.3 is 0 Å². The van der Waals surface area contributed by atoms with Crippen molar-refractivity contribution >= 4 is 0 Å². The standard InChI is InChI=1S/C20H38/c1-14(2)7-9-17(6)19-13-20(19)12-18(20)10-8-16(5)11-15(3)4/h14-19H,7-13H2,1-6H3. The van der Waals surface area contributed by atoms with Crippen molar-refractivity contribution in [2.24, 2.45) is 40.9 Å². The quantitative estimate of drug-likeness (QED) is 0.449. The molecule has 0 saturated heterocycles. The minimum Gasteiger partial charge on any atom is -0.0628 e. The first kappa shape index (κ1) is 16.4. The van der Waals surface area contributed by atoms with Gasteiger partial charge in [0.05, 0.1) is 0 Å². The number of rotatable bonds is 9. The SMILES string of the molecule is CC(C)CCC(C)C1CC12CC2CCC(C)CC(C)C. The van der Waals surface area contributed by atoms with E-state index in [0.29, 0.717) is 0 Å². The van der Waals surface area contributed by atoms with E-state index >= 15 is 0 Å². The summed E-state index contributed by atoms with van der Waals surface area (Å²) in [7, 11) is 0. The van der Waals surface area contributed by atoms with Gasteiger partial charge in [0.25, 0.3) is 0 Å². The van der Waals surface area contributed by atoms with Crippen LogP contribution in [0.1, 0.15) is 86.5 Å². The van der Waals surface area contributed by atoms with Gasteiger partial charge in [0.15, 0.2) is 0 Å². The van der Waals surface area contributed by atoms with E-state index < -0.39 is 0 Å². The summed E-state index contributed by atoms with van der Waals surface area (Å²) >= 11 is 0. The summed E-state index contributed by atoms with van der Waals surface area (Å²) in [5.41, 5.74) is 0.869. The minimum atomic E-state index is 0.869. The third-order valence-corrected chi connectivity index (χ3v) is 6.23. The van der Waals surface area contributed by atoms with Gasteiger partial charge in [-0.05, 0) is 66.6 Å². The topological polar surface area (TPSA) is 0 Å². The molecule has 2 aliphatic carbocycles. The molecule has 0 aromatic rings. The Bertz CT molecular complexity index is 303. The molecule has 0 bridgehead atoms. The van der Waals surface area contributed by atoms with Crippen molar-refractivity contribution in [3.05, 3.63) is 0 Å². The summed E-state index contributed by atoms with van der Waals surface area (Å²) in [5.74, 6) is 5.93. The first-order chi connectivity index (χ1) is 9.35. The van der Waals surface area contributed by atoms with Crippen molar-refractivity contribution in [2.45, 2.75) is 86.5 Å². The summed E-state index contributed by atoms with van der Waals surface area (Å²) in [6, 6.07) is 0. The Hall–Kier alpha value is 0. The van der Waals surface area contributed by atoms with Crippen LogP contribution in [0, 0.1) is 40.9 Å². The van der Waals surface area contributed by atoms with Crippen LogP contribution in [0.15, 0.2) is 0 Å². The Morgan fingerprint density at radius 2 is 1.55 bits per heavy atom. The number of hydrogen-bond acceptors (Lipinski definition) is 0. The molecule has 0 aliphatic heterocycles. The van der Waals surface area contributed by atoms with Crippen molar-refractivity contribution in [3.8, 4) is 0 Å². The average Bonchev–Trinajstić information content (AvgIpc) is 3.22. The molecule has 20 heavy (non-hydrogen) atoms. The molecule has 5 unspecified atom stereocenters. The summed E-state index contributed by atoms with van der Waals surface area (Å²) < 4.78 is 0. The summed E-state index contributed by atoms with van der Waals surface area (Å²) in [4.78, 5) is 0. The fraction of sp³-hybridized carbons (Fsp3) is 1.00. The van der Waals surface area contributed by atoms with Crippen molar-refractivity contribution in [3.63, 3.8) is 0 Å². The number of hydrogen-bond donors (Lipinski definition) is 0. The van der Waals surface area contributed by atoms with E-state index in [-0.39, 0.29) is 0 Å². The van der Waals surface area contributed by atoms with Gasteiger partial charge in [0.1, 0.15) is 0 Å². The van der Waals surface area contributed by atoms with Crippen LogP contribution in [0.4, 0.5) is 0 Å². The normalized spacial score (nSPS) is 34.8. The van der Waals surface area contributed by atoms with E-state index in [0.717, 1.165) is 40.9 Å². The van der Waals surface area contributed by atoms with Crippen LogP contribution in [0.25, 0.3) is 0 Å². The van der Waals surface area contributed by atoms with Gasteiger partial charge in [-0.3, -0.25) is 0 Å². The van der Waals surface area contributed by atoms with Crippen LogP contribution in [-0.2, 0) is 0 Å². The average molecular weight is 279 g/mol. The highest BCUT2D eigenvalue weighted by atomic mass is 14.7. The first-order valence-electron chi connectivity index (χ1n) is 9.35. The maximum absolute atomic E-state index is 2.53. The Labute approximate surface area is 128 Å². The van der Waals surface area contributed by atoms with Gasteiger partial charge >= 0.3 is 0 Å². The molecule has 0 radical (unpaired) electrons. The molecule has 0 nitrogen and oxygen atoms in total. The first-order valence-corrected chi connectivity index (χ1v) is 9.35. The van der Waals surface area contributed by atoms with Crippen LogP contribution in [-0.4, -0.2) is 0 Å². The lowest BCUT2D eigenvalue weighted by molar-refractivity contribution is 0.367. The molecule has 0 amide bonds. The van der Waals surface area contributed by atoms with Gasteiger partial charge in [-0.1, -0.05) is 60.8 Å². The van der Waals surface area contributed by atoms with Crippen LogP contribution in [0.5, 0.6) is 0 Å². The van der Waals surface area contributed by atoms with E-state index in [4.69, 9.17) is 0 Å². The van der Waals surface area contributed by atoms with E-state index in [2.05, 4.69) is 41.5 Å². The molecule has 0 N–H and O–H groups in total. The highest BCUT2D eigenvalue weighted by molar-refractivity contribution is 5.18. The molecule has 0 aromatic carbocycles. The molecule has 0 heteroatoms. The predicted molar refractivity (Wildman–Crippen MR) is 89.7 cm³/mol. The fourth-order valence-electron chi connectivity index (χ4n) is 4.82. The Kier molecular flexibility index (Phi) is 5.24. The minimum absolute atomic E-state index is 0.869. The van der Waals surface area contributed by atoms with E-state index in [9.17, 15) is 0 Å². The largest absolute Gasteiger partial charge is 0.0628 e. The molecule has 1 spiro atoms. The van der Waals surface area contributed by atoms with E-state index in [1.165, 1.54) is 32.1 Å². The second-order valence-corrected chi connectivity index (χ2v) is 9.21. The summed E-state index contributed by atoms with van der Waals surface area (Å²) in [6.07, 6.45) is 10.5. The lowest BCUT2D eigenvalue weighted by atomic mass is 9.91. The monoisotopic (exact) mass is 278 g/mol. The molecule has 5 atom stereocenters. The van der Waals surface area contributed by atoms with Gasteiger partial charge in [0.2, 0.25) is 0 Å². The van der Waals surface area contributed by atoms with Gasteiger partial charge in [-0.25, -0.2) is 0 Å². The van der Waals surface area contributed by atoms with Crippen LogP contribution >= 0.6 is 0 Å². The molecule has 2 rings (SSSR count). The molecule has 2 aliphatic rings. The summed E-state index contributed by atoms with van der Waals surface area (Å²) in [6.45, 7) is 14.4. The third-order valence-electron chi connectivity index (χ3n) is 6.23. The maximum Gasteiger partial charge on any atom is -0.0232 e. The zero-order valence-electron chi connectivity index (χ0n) is 14.9. The molecule has 0 heterocycles. The second kappa shape index (κ2) is 6.41. The lowest BCUT2D eigenvalue weighted by Gasteiger charge is -2.14. The fourth-order valence-corrected chi connectivity index (χ4v) is 4.82. The molecule has 0 aromatic heterocycles. The molecule has 2 saturated carbocycles. The smallest absolute Gasteiger partial charge is 0.0232 e. The Balaban J connectivity index is 1.63. The Morgan fingerprint density at radius 1 is 0.850 bits per heavy atom. The van der Waals surface area contributed by atoms with Crippen molar-refractivity contribution < 1.29 is 0 Å². The molecular weight excluding hydrogens is 240 g/mol. The zero-order chi connectivity index (χ0) is 14.9.